The monoisotopic (exact) mass is 344 g/mol. The number of aliphatic hydroxyl groups excluding tert-OH is 2. The zero-order valence-corrected chi connectivity index (χ0v) is 16.3. The number of hydrogen-bond donors (Lipinski definition) is 2. The molecule has 0 aliphatic heterocycles. The van der Waals surface area contributed by atoms with Crippen LogP contribution in [0.1, 0.15) is 72.1 Å². The Kier molecular flexibility index (Phi) is 4.44. The van der Waals surface area contributed by atoms with Crippen LogP contribution in [0.2, 0.25) is 0 Å². The van der Waals surface area contributed by atoms with E-state index in [9.17, 15) is 10.2 Å². The van der Waals surface area contributed by atoms with E-state index in [-0.39, 0.29) is 12.7 Å². The van der Waals surface area contributed by atoms with Crippen molar-refractivity contribution < 1.29 is 10.2 Å². The molecule has 0 saturated heterocycles. The van der Waals surface area contributed by atoms with Gasteiger partial charge in [-0.3, -0.25) is 0 Å². The van der Waals surface area contributed by atoms with Gasteiger partial charge in [-0.2, -0.15) is 0 Å². The predicted octanol–water partition coefficient (Wildman–Crippen LogP) is 4.86. The molecule has 4 rings (SSSR count). The van der Waals surface area contributed by atoms with Crippen molar-refractivity contribution in [1.29, 1.82) is 0 Å². The van der Waals surface area contributed by atoms with Crippen LogP contribution in [0.15, 0.2) is 23.3 Å². The van der Waals surface area contributed by atoms with Crippen LogP contribution in [0.4, 0.5) is 0 Å². The highest BCUT2D eigenvalue weighted by atomic mass is 16.3. The summed E-state index contributed by atoms with van der Waals surface area (Å²) in [5.41, 5.74) is 3.76. The first-order valence-electron chi connectivity index (χ1n) is 10.5. The first-order valence-corrected chi connectivity index (χ1v) is 10.5. The Morgan fingerprint density at radius 3 is 2.72 bits per heavy atom. The van der Waals surface area contributed by atoms with Crippen molar-refractivity contribution in [2.75, 3.05) is 6.61 Å². The Morgan fingerprint density at radius 1 is 1.16 bits per heavy atom. The maximum atomic E-state index is 10.1. The van der Waals surface area contributed by atoms with Crippen molar-refractivity contribution in [3.05, 3.63) is 23.3 Å². The molecule has 2 nitrogen and oxygen atoms in total. The van der Waals surface area contributed by atoms with Gasteiger partial charge in [-0.15, -0.1) is 0 Å². The van der Waals surface area contributed by atoms with Crippen LogP contribution in [0.25, 0.3) is 0 Å². The third kappa shape index (κ3) is 2.58. The minimum Gasteiger partial charge on any atom is -0.393 e. The molecule has 0 aromatic rings. The zero-order valence-electron chi connectivity index (χ0n) is 16.3. The minimum atomic E-state index is -0.105. The number of rotatable bonds is 2. The van der Waals surface area contributed by atoms with Crippen molar-refractivity contribution in [2.24, 2.45) is 34.5 Å². The summed E-state index contributed by atoms with van der Waals surface area (Å²) in [6.45, 7) is 7.48. The lowest BCUT2D eigenvalue weighted by atomic mass is 9.47. The summed E-state index contributed by atoms with van der Waals surface area (Å²) in [6, 6.07) is 0. The molecule has 7 atom stereocenters. The van der Waals surface area contributed by atoms with Crippen LogP contribution in [0.3, 0.4) is 0 Å². The molecule has 0 unspecified atom stereocenters. The molecule has 0 radical (unpaired) electrons. The highest BCUT2D eigenvalue weighted by Crippen LogP contribution is 2.67. The molecular weight excluding hydrogens is 308 g/mol. The van der Waals surface area contributed by atoms with Gasteiger partial charge < -0.3 is 10.2 Å². The lowest BCUT2D eigenvalue weighted by Gasteiger charge is -2.58. The molecule has 140 valence electrons. The van der Waals surface area contributed by atoms with E-state index in [1.54, 1.807) is 5.57 Å². The minimum absolute atomic E-state index is 0.105. The first kappa shape index (κ1) is 17.8. The summed E-state index contributed by atoms with van der Waals surface area (Å²) in [4.78, 5) is 0. The summed E-state index contributed by atoms with van der Waals surface area (Å²) in [5.74, 6) is 3.14. The molecule has 0 aromatic heterocycles. The van der Waals surface area contributed by atoms with E-state index >= 15 is 0 Å². The molecule has 4 aliphatic rings. The fourth-order valence-corrected chi connectivity index (χ4v) is 7.68. The maximum absolute atomic E-state index is 10.1. The Labute approximate surface area is 153 Å². The third-order valence-electron chi connectivity index (χ3n) is 9.04. The fraction of sp³-hybridized carbons (Fsp3) is 0.826. The molecule has 0 heterocycles. The first-order chi connectivity index (χ1) is 11.9. The van der Waals surface area contributed by atoms with Crippen molar-refractivity contribution >= 4 is 0 Å². The van der Waals surface area contributed by atoms with Crippen LogP contribution in [0, 0.1) is 34.5 Å². The molecule has 2 heteroatoms. The highest BCUT2D eigenvalue weighted by Gasteiger charge is 2.58. The molecule has 25 heavy (non-hydrogen) atoms. The Balaban J connectivity index is 1.63. The lowest BCUT2D eigenvalue weighted by Crippen LogP contribution is -2.50. The number of aliphatic hydroxyl groups is 2. The number of fused-ring (bicyclic) bond motifs is 5. The number of allylic oxidation sites excluding steroid dienone is 2. The van der Waals surface area contributed by atoms with Gasteiger partial charge in [0.1, 0.15) is 0 Å². The van der Waals surface area contributed by atoms with Gasteiger partial charge in [-0.05, 0) is 92.8 Å². The fourth-order valence-electron chi connectivity index (χ4n) is 7.68. The van der Waals surface area contributed by atoms with E-state index < -0.39 is 0 Å². The third-order valence-corrected chi connectivity index (χ3v) is 9.04. The summed E-state index contributed by atoms with van der Waals surface area (Å²) in [5, 5.41) is 19.5. The van der Waals surface area contributed by atoms with E-state index in [0.29, 0.717) is 16.7 Å². The summed E-state index contributed by atoms with van der Waals surface area (Å²) >= 11 is 0. The number of hydrogen-bond acceptors (Lipinski definition) is 2. The van der Waals surface area contributed by atoms with E-state index in [2.05, 4.69) is 26.8 Å². The molecule has 2 N–H and O–H groups in total. The SMILES string of the molecule is CC(=CCO)[C@H]1CC[C@H]2[C@@H]3CC=C4C[C@@H](O)CC[C@]4(C)[C@H]3CC[C@]12C. The lowest BCUT2D eigenvalue weighted by molar-refractivity contribution is -0.0454. The zero-order chi connectivity index (χ0) is 17.8. The van der Waals surface area contributed by atoms with Crippen molar-refractivity contribution in [3.8, 4) is 0 Å². The van der Waals surface area contributed by atoms with Crippen molar-refractivity contribution in [1.82, 2.24) is 0 Å². The smallest absolute Gasteiger partial charge is 0.0615 e. The van der Waals surface area contributed by atoms with Gasteiger partial charge >= 0.3 is 0 Å². The van der Waals surface area contributed by atoms with Gasteiger partial charge in [-0.1, -0.05) is 37.1 Å². The van der Waals surface area contributed by atoms with Crippen LogP contribution >= 0.6 is 0 Å². The normalized spacial score (nSPS) is 49.9. The van der Waals surface area contributed by atoms with Gasteiger partial charge in [0.2, 0.25) is 0 Å². The second kappa shape index (κ2) is 6.23. The summed E-state index contributed by atoms with van der Waals surface area (Å²) in [7, 11) is 0. The average molecular weight is 345 g/mol. The summed E-state index contributed by atoms with van der Waals surface area (Å²) in [6.07, 6.45) is 14.1. The average Bonchev–Trinajstić information content (AvgIpc) is 2.93. The van der Waals surface area contributed by atoms with E-state index in [0.717, 1.165) is 30.6 Å². The topological polar surface area (TPSA) is 40.5 Å². The molecule has 3 saturated carbocycles. The molecule has 0 amide bonds. The van der Waals surface area contributed by atoms with Gasteiger partial charge in [0, 0.05) is 0 Å². The highest BCUT2D eigenvalue weighted by molar-refractivity contribution is 5.26. The van der Waals surface area contributed by atoms with E-state index in [1.165, 1.54) is 44.1 Å². The van der Waals surface area contributed by atoms with Crippen molar-refractivity contribution in [3.63, 3.8) is 0 Å². The van der Waals surface area contributed by atoms with Crippen molar-refractivity contribution in [2.45, 2.75) is 78.2 Å². The van der Waals surface area contributed by atoms with Crippen LogP contribution in [-0.2, 0) is 0 Å². The molecule has 3 fully saturated rings. The second-order valence-electron chi connectivity index (χ2n) is 9.96. The van der Waals surface area contributed by atoms with Crippen LogP contribution < -0.4 is 0 Å². The predicted molar refractivity (Wildman–Crippen MR) is 102 cm³/mol. The van der Waals surface area contributed by atoms with E-state index in [1.807, 2.05) is 6.08 Å². The summed E-state index contributed by atoms with van der Waals surface area (Å²) < 4.78 is 0. The standard InChI is InChI=1S/C23H36O2/c1-15(10-13-24)19-6-7-20-18-5-4-16-14-17(25)8-11-22(16,2)21(18)9-12-23(19,20)3/h4,10,17-21,24-25H,5-9,11-14H2,1-3H3/t17-,18-,19+,20-,21-,22-,23+/m0/s1. The maximum Gasteiger partial charge on any atom is 0.0615 e. The molecule has 4 aliphatic carbocycles. The quantitative estimate of drug-likeness (QED) is 0.702. The van der Waals surface area contributed by atoms with E-state index in [4.69, 9.17) is 0 Å². The largest absolute Gasteiger partial charge is 0.393 e. The second-order valence-corrected chi connectivity index (χ2v) is 9.96. The Hall–Kier alpha value is -0.600. The Bertz CT molecular complexity index is 591. The molecule has 0 bridgehead atoms. The van der Waals surface area contributed by atoms with Gasteiger partial charge in [-0.25, -0.2) is 0 Å². The molecule has 0 spiro atoms. The van der Waals surface area contributed by atoms with Crippen LogP contribution in [-0.4, -0.2) is 22.9 Å². The van der Waals surface area contributed by atoms with Gasteiger partial charge in [0.15, 0.2) is 0 Å². The molecule has 0 aromatic carbocycles. The van der Waals surface area contributed by atoms with Gasteiger partial charge in [0.05, 0.1) is 12.7 Å². The van der Waals surface area contributed by atoms with Crippen LogP contribution in [0.5, 0.6) is 0 Å². The molecular formula is C23H36O2. The van der Waals surface area contributed by atoms with Gasteiger partial charge in [0.25, 0.3) is 0 Å². The Morgan fingerprint density at radius 2 is 1.96 bits per heavy atom.